The highest BCUT2D eigenvalue weighted by Crippen LogP contribution is 2.15. The van der Waals surface area contributed by atoms with Gasteiger partial charge in [-0.3, -0.25) is 0 Å². The molecule has 0 saturated carbocycles. The molecule has 0 aliphatic heterocycles. The van der Waals surface area contributed by atoms with Crippen molar-refractivity contribution in [3.8, 4) is 0 Å². The SMILES string of the molecule is C[C@@H](OCC(F)(F)F)C(=O)O. The zero-order valence-electron chi connectivity index (χ0n) is 5.68. The Bertz CT molecular complexity index is 142. The minimum atomic E-state index is -4.47. The largest absolute Gasteiger partial charge is 0.479 e. The van der Waals surface area contributed by atoms with E-state index in [2.05, 4.69) is 4.74 Å². The van der Waals surface area contributed by atoms with Crippen LogP contribution in [-0.2, 0) is 9.53 Å². The van der Waals surface area contributed by atoms with Gasteiger partial charge in [0, 0.05) is 0 Å². The number of carboxylic acid groups (broad SMARTS) is 1. The van der Waals surface area contributed by atoms with Gasteiger partial charge in [-0.25, -0.2) is 4.79 Å². The van der Waals surface area contributed by atoms with Crippen molar-refractivity contribution in [2.45, 2.75) is 19.2 Å². The van der Waals surface area contributed by atoms with Gasteiger partial charge in [0.1, 0.15) is 6.61 Å². The first-order valence-corrected chi connectivity index (χ1v) is 2.74. The summed E-state index contributed by atoms with van der Waals surface area (Å²) < 4.78 is 38.0. The maximum absolute atomic E-state index is 11.4. The summed E-state index contributed by atoms with van der Waals surface area (Å²) >= 11 is 0. The maximum Gasteiger partial charge on any atom is 0.411 e. The number of ether oxygens (including phenoxy) is 1. The fraction of sp³-hybridized carbons (Fsp3) is 0.800. The maximum atomic E-state index is 11.4. The second kappa shape index (κ2) is 3.56. The normalized spacial score (nSPS) is 14.5. The van der Waals surface area contributed by atoms with Crippen molar-refractivity contribution >= 4 is 5.97 Å². The molecule has 6 heteroatoms. The number of aliphatic carboxylic acids is 1. The Kier molecular flexibility index (Phi) is 3.31. The summed E-state index contributed by atoms with van der Waals surface area (Å²) in [4.78, 5) is 9.92. The van der Waals surface area contributed by atoms with Gasteiger partial charge in [-0.05, 0) is 6.92 Å². The second-order valence-electron chi connectivity index (χ2n) is 1.91. The molecule has 66 valence electrons. The molecule has 1 atom stereocenters. The van der Waals surface area contributed by atoms with Crippen LogP contribution in [0, 0.1) is 0 Å². The summed E-state index contributed by atoms with van der Waals surface area (Å²) in [6, 6.07) is 0. The number of hydrogen-bond acceptors (Lipinski definition) is 2. The molecule has 0 radical (unpaired) electrons. The minimum absolute atomic E-state index is 1.04. The van der Waals surface area contributed by atoms with Gasteiger partial charge in [-0.15, -0.1) is 0 Å². The fourth-order valence-electron chi connectivity index (χ4n) is 0.291. The van der Waals surface area contributed by atoms with Crippen LogP contribution in [0.3, 0.4) is 0 Å². The highest BCUT2D eigenvalue weighted by molar-refractivity contribution is 5.71. The van der Waals surface area contributed by atoms with Gasteiger partial charge in [-0.1, -0.05) is 0 Å². The van der Waals surface area contributed by atoms with Gasteiger partial charge < -0.3 is 9.84 Å². The molecule has 0 amide bonds. The number of alkyl halides is 3. The molecule has 0 aliphatic rings. The lowest BCUT2D eigenvalue weighted by Gasteiger charge is -2.09. The standard InChI is InChI=1S/C5H7F3O3/c1-3(4(9)10)11-2-5(6,7)8/h3H,2H2,1H3,(H,9,10)/t3-/m1/s1. The lowest BCUT2D eigenvalue weighted by molar-refractivity contribution is -0.190. The van der Waals surface area contributed by atoms with Crippen LogP contribution in [0.1, 0.15) is 6.92 Å². The number of carbonyl (C=O) groups is 1. The summed E-state index contributed by atoms with van der Waals surface area (Å²) in [7, 11) is 0. The van der Waals surface area contributed by atoms with Gasteiger partial charge in [0.25, 0.3) is 0 Å². The van der Waals surface area contributed by atoms with Crippen LogP contribution >= 0.6 is 0 Å². The van der Waals surface area contributed by atoms with Crippen molar-refractivity contribution in [1.29, 1.82) is 0 Å². The molecule has 0 heterocycles. The van der Waals surface area contributed by atoms with E-state index in [1.165, 1.54) is 0 Å². The van der Waals surface area contributed by atoms with E-state index in [4.69, 9.17) is 5.11 Å². The molecule has 0 unspecified atom stereocenters. The Morgan fingerprint density at radius 2 is 2.09 bits per heavy atom. The second-order valence-corrected chi connectivity index (χ2v) is 1.91. The topological polar surface area (TPSA) is 46.5 Å². The predicted molar refractivity (Wildman–Crippen MR) is 29.1 cm³/mol. The van der Waals surface area contributed by atoms with Crippen LogP contribution in [0.5, 0.6) is 0 Å². The van der Waals surface area contributed by atoms with Gasteiger partial charge in [0.05, 0.1) is 0 Å². The van der Waals surface area contributed by atoms with Gasteiger partial charge in [0.15, 0.2) is 6.10 Å². The van der Waals surface area contributed by atoms with Crippen molar-refractivity contribution < 1.29 is 27.8 Å². The first kappa shape index (κ1) is 10.2. The Balaban J connectivity index is 3.63. The van der Waals surface area contributed by atoms with Gasteiger partial charge in [-0.2, -0.15) is 13.2 Å². The molecule has 0 rings (SSSR count). The van der Waals surface area contributed by atoms with E-state index in [0.29, 0.717) is 0 Å². The zero-order valence-corrected chi connectivity index (χ0v) is 5.68. The first-order chi connectivity index (χ1) is 4.83. The summed E-state index contributed by atoms with van der Waals surface area (Å²) in [6.45, 7) is -0.492. The molecule has 0 spiro atoms. The average molecular weight is 172 g/mol. The molecule has 11 heavy (non-hydrogen) atoms. The lowest BCUT2D eigenvalue weighted by atomic mass is 10.4. The van der Waals surface area contributed by atoms with Gasteiger partial charge >= 0.3 is 12.1 Å². The van der Waals surface area contributed by atoms with E-state index < -0.39 is 24.9 Å². The van der Waals surface area contributed by atoms with E-state index >= 15 is 0 Å². The summed E-state index contributed by atoms with van der Waals surface area (Å²) in [5.41, 5.74) is 0. The average Bonchev–Trinajstić information content (AvgIpc) is 1.80. The summed E-state index contributed by atoms with van der Waals surface area (Å²) in [6.07, 6.45) is -5.89. The van der Waals surface area contributed by atoms with Crippen molar-refractivity contribution in [3.05, 3.63) is 0 Å². The number of rotatable bonds is 3. The van der Waals surface area contributed by atoms with E-state index in [9.17, 15) is 18.0 Å². The highest BCUT2D eigenvalue weighted by Gasteiger charge is 2.29. The monoisotopic (exact) mass is 172 g/mol. The van der Waals surface area contributed by atoms with Crippen molar-refractivity contribution in [3.63, 3.8) is 0 Å². The van der Waals surface area contributed by atoms with E-state index in [1.54, 1.807) is 0 Å². The van der Waals surface area contributed by atoms with Crippen LogP contribution in [-0.4, -0.2) is 30.0 Å². The first-order valence-electron chi connectivity index (χ1n) is 2.74. The third-order valence-electron chi connectivity index (χ3n) is 0.845. The van der Waals surface area contributed by atoms with E-state index in [1.807, 2.05) is 0 Å². The number of halogens is 3. The molecular weight excluding hydrogens is 165 g/mol. The smallest absolute Gasteiger partial charge is 0.411 e. The van der Waals surface area contributed by atoms with E-state index in [0.717, 1.165) is 6.92 Å². The van der Waals surface area contributed by atoms with Crippen LogP contribution < -0.4 is 0 Å². The Morgan fingerprint density at radius 3 is 2.36 bits per heavy atom. The molecule has 1 N–H and O–H groups in total. The van der Waals surface area contributed by atoms with Crippen LogP contribution in [0.4, 0.5) is 13.2 Å². The summed E-state index contributed by atoms with van der Waals surface area (Å²) in [5, 5.41) is 8.09. The molecule has 3 nitrogen and oxygen atoms in total. The Morgan fingerprint density at radius 1 is 1.64 bits per heavy atom. The van der Waals surface area contributed by atoms with Crippen molar-refractivity contribution in [2.75, 3.05) is 6.61 Å². The molecule has 0 aromatic rings. The van der Waals surface area contributed by atoms with Crippen LogP contribution in [0.25, 0.3) is 0 Å². The zero-order chi connectivity index (χ0) is 9.07. The molecular formula is C5H7F3O3. The lowest BCUT2D eigenvalue weighted by Crippen LogP contribution is -2.26. The van der Waals surface area contributed by atoms with Crippen LogP contribution in [0.15, 0.2) is 0 Å². The Labute approximate surface area is 60.8 Å². The quantitative estimate of drug-likeness (QED) is 0.691. The van der Waals surface area contributed by atoms with Crippen LogP contribution in [0.2, 0.25) is 0 Å². The number of carboxylic acids is 1. The van der Waals surface area contributed by atoms with Crippen molar-refractivity contribution in [2.24, 2.45) is 0 Å². The molecule has 0 aliphatic carbocycles. The summed E-state index contributed by atoms with van der Waals surface area (Å²) in [5.74, 6) is -1.41. The van der Waals surface area contributed by atoms with E-state index in [-0.39, 0.29) is 0 Å². The minimum Gasteiger partial charge on any atom is -0.479 e. The third-order valence-corrected chi connectivity index (χ3v) is 0.845. The Hall–Kier alpha value is -0.780. The molecule has 0 fully saturated rings. The fourth-order valence-corrected chi connectivity index (χ4v) is 0.291. The molecule has 0 aromatic carbocycles. The third kappa shape index (κ3) is 5.65. The molecule has 0 aromatic heterocycles. The molecule has 0 saturated heterocycles. The highest BCUT2D eigenvalue weighted by atomic mass is 19.4. The number of hydrogen-bond donors (Lipinski definition) is 1. The van der Waals surface area contributed by atoms with Gasteiger partial charge in [0.2, 0.25) is 0 Å². The predicted octanol–water partition coefficient (Wildman–Crippen LogP) is 1.04. The molecule has 0 bridgehead atoms. The van der Waals surface area contributed by atoms with Crippen molar-refractivity contribution in [1.82, 2.24) is 0 Å².